The average molecular weight is 584 g/mol. The number of nitrogens with zero attached hydrogens (tertiary/aromatic N) is 1. The highest BCUT2D eigenvalue weighted by Gasteiger charge is 2.20. The van der Waals surface area contributed by atoms with Crippen molar-refractivity contribution in [2.24, 2.45) is 0 Å². The fourth-order valence-electron chi connectivity index (χ4n) is 7.84. The molecule has 0 amide bonds. The second-order valence-corrected chi connectivity index (χ2v) is 12.6. The molecule has 0 radical (unpaired) electrons. The zero-order chi connectivity index (χ0) is 29.9. The van der Waals surface area contributed by atoms with Gasteiger partial charge in [0.25, 0.3) is 0 Å². The molecular weight excluding hydrogens is 558 g/mol. The molecule has 212 valence electrons. The van der Waals surface area contributed by atoms with Gasteiger partial charge in [-0.3, -0.25) is 0 Å². The van der Waals surface area contributed by atoms with E-state index in [0.29, 0.717) is 0 Å². The summed E-state index contributed by atoms with van der Waals surface area (Å²) < 4.78 is 8.57. The third kappa shape index (κ3) is 3.25. The highest BCUT2D eigenvalue weighted by Crippen LogP contribution is 2.44. The van der Waals surface area contributed by atoms with Gasteiger partial charge in [-0.15, -0.1) is 0 Å². The lowest BCUT2D eigenvalue weighted by Gasteiger charge is -2.07. The lowest BCUT2D eigenvalue weighted by Crippen LogP contribution is -1.82. The first-order valence-electron chi connectivity index (χ1n) is 15.8. The van der Waals surface area contributed by atoms with Crippen molar-refractivity contribution in [1.82, 2.24) is 4.40 Å². The smallest absolute Gasteiger partial charge is 0.135 e. The molecule has 8 aromatic carbocycles. The number of hydrogen-bond acceptors (Lipinski definition) is 1. The van der Waals surface area contributed by atoms with Crippen LogP contribution in [-0.2, 0) is 0 Å². The van der Waals surface area contributed by atoms with E-state index in [1.165, 1.54) is 81.9 Å². The van der Waals surface area contributed by atoms with Gasteiger partial charge in [0, 0.05) is 32.3 Å². The van der Waals surface area contributed by atoms with Gasteiger partial charge < -0.3 is 8.82 Å². The van der Waals surface area contributed by atoms with Crippen molar-refractivity contribution < 1.29 is 4.42 Å². The molecule has 0 saturated heterocycles. The van der Waals surface area contributed by atoms with Gasteiger partial charge in [-0.1, -0.05) is 97.1 Å². The van der Waals surface area contributed by atoms with Crippen LogP contribution < -0.4 is 0 Å². The second-order valence-electron chi connectivity index (χ2n) is 12.6. The number of rotatable bonds is 2. The van der Waals surface area contributed by atoms with Gasteiger partial charge in [0.1, 0.15) is 11.2 Å². The van der Waals surface area contributed by atoms with E-state index in [4.69, 9.17) is 4.42 Å². The molecule has 11 rings (SSSR count). The molecule has 0 bridgehead atoms. The third-order valence-electron chi connectivity index (χ3n) is 10.1. The van der Waals surface area contributed by atoms with Crippen molar-refractivity contribution in [3.63, 3.8) is 0 Å². The fourth-order valence-corrected chi connectivity index (χ4v) is 7.84. The van der Waals surface area contributed by atoms with Crippen LogP contribution in [-0.4, -0.2) is 4.40 Å². The summed E-state index contributed by atoms with van der Waals surface area (Å²) in [4.78, 5) is 0. The van der Waals surface area contributed by atoms with Crippen molar-refractivity contribution in [2.75, 3.05) is 0 Å². The molecular formula is C44H25NO. The van der Waals surface area contributed by atoms with Crippen LogP contribution in [0.5, 0.6) is 0 Å². The Hall–Kier alpha value is -6.12. The van der Waals surface area contributed by atoms with Crippen LogP contribution in [0.4, 0.5) is 0 Å². The van der Waals surface area contributed by atoms with Crippen molar-refractivity contribution >= 4 is 81.6 Å². The van der Waals surface area contributed by atoms with Gasteiger partial charge in [0.05, 0.1) is 16.6 Å². The Morgan fingerprint density at radius 3 is 1.43 bits per heavy atom. The first kappa shape index (κ1) is 24.2. The molecule has 0 aliphatic carbocycles. The Morgan fingerprint density at radius 1 is 0.326 bits per heavy atom. The number of fused-ring (bicyclic) bond motifs is 11. The normalized spacial score (nSPS) is 12.3. The quantitative estimate of drug-likeness (QED) is 0.198. The highest BCUT2D eigenvalue weighted by atomic mass is 16.3. The number of aromatic nitrogens is 1. The van der Waals surface area contributed by atoms with Gasteiger partial charge >= 0.3 is 0 Å². The molecule has 2 heteroatoms. The average Bonchev–Trinajstić information content (AvgIpc) is 3.75. The summed E-state index contributed by atoms with van der Waals surface area (Å²) in [6.45, 7) is 0. The number of benzene rings is 8. The van der Waals surface area contributed by atoms with Crippen LogP contribution in [0.2, 0.25) is 0 Å². The first-order valence-corrected chi connectivity index (χ1v) is 15.8. The van der Waals surface area contributed by atoms with Crippen molar-refractivity contribution in [2.45, 2.75) is 0 Å². The summed E-state index contributed by atoms with van der Waals surface area (Å²) in [5.74, 6) is 0. The Bertz CT molecular complexity index is 2890. The zero-order valence-electron chi connectivity index (χ0n) is 24.8. The molecule has 0 atom stereocenters. The molecule has 0 saturated carbocycles. The van der Waals surface area contributed by atoms with E-state index < -0.39 is 0 Å². The minimum atomic E-state index is 0.924. The van der Waals surface area contributed by atoms with Gasteiger partial charge in [-0.2, -0.15) is 0 Å². The number of para-hydroxylation sites is 1. The molecule has 0 N–H and O–H groups in total. The topological polar surface area (TPSA) is 17.6 Å². The summed E-state index contributed by atoms with van der Waals surface area (Å²) >= 11 is 0. The molecule has 3 heterocycles. The van der Waals surface area contributed by atoms with Crippen LogP contribution >= 0.6 is 0 Å². The largest absolute Gasteiger partial charge is 0.456 e. The molecule has 0 unspecified atom stereocenters. The Balaban J connectivity index is 1.14. The first-order chi connectivity index (χ1) is 22.8. The second kappa shape index (κ2) is 8.74. The van der Waals surface area contributed by atoms with Crippen LogP contribution in [0.15, 0.2) is 156 Å². The Morgan fingerprint density at radius 2 is 0.804 bits per heavy atom. The predicted octanol–water partition coefficient (Wildman–Crippen LogP) is 12.4. The Labute approximate surface area is 263 Å². The number of furan rings is 1. The van der Waals surface area contributed by atoms with Crippen LogP contribution in [0.3, 0.4) is 0 Å². The van der Waals surface area contributed by atoms with E-state index in [1.807, 2.05) is 12.1 Å². The van der Waals surface area contributed by atoms with E-state index in [2.05, 4.69) is 144 Å². The van der Waals surface area contributed by atoms with E-state index in [1.54, 1.807) is 0 Å². The molecule has 46 heavy (non-hydrogen) atoms. The van der Waals surface area contributed by atoms with Gasteiger partial charge in [0.15, 0.2) is 0 Å². The molecule has 2 nitrogen and oxygen atoms in total. The van der Waals surface area contributed by atoms with Crippen LogP contribution in [0.25, 0.3) is 104 Å². The minimum Gasteiger partial charge on any atom is -0.456 e. The van der Waals surface area contributed by atoms with E-state index in [-0.39, 0.29) is 0 Å². The lowest BCUT2D eigenvalue weighted by atomic mass is 9.96. The summed E-state index contributed by atoms with van der Waals surface area (Å²) in [5, 5.41) is 12.6. The standard InChI is InChI=1S/C44H25NO/c1-3-9-30-24-40-35(19-28(30)7-1)38-22-33(23-39-36-20-29-8-2-4-10-31(29)25-41(36)45(40)44(38)39)27-15-13-26(14-16-27)32-17-18-43-37(21-32)34-11-5-6-12-42(34)46-43/h1-25H. The molecule has 0 spiro atoms. The fraction of sp³-hybridized carbons (Fsp3) is 0. The van der Waals surface area contributed by atoms with E-state index in [9.17, 15) is 0 Å². The van der Waals surface area contributed by atoms with Crippen molar-refractivity contribution in [1.29, 1.82) is 0 Å². The van der Waals surface area contributed by atoms with Gasteiger partial charge in [-0.25, -0.2) is 0 Å². The maximum atomic E-state index is 6.08. The van der Waals surface area contributed by atoms with Gasteiger partial charge in [0.2, 0.25) is 0 Å². The van der Waals surface area contributed by atoms with E-state index >= 15 is 0 Å². The maximum Gasteiger partial charge on any atom is 0.135 e. The number of hydrogen-bond donors (Lipinski definition) is 0. The lowest BCUT2D eigenvalue weighted by molar-refractivity contribution is 0.669. The third-order valence-corrected chi connectivity index (χ3v) is 10.1. The summed E-state index contributed by atoms with van der Waals surface area (Å²) in [6.07, 6.45) is 0. The molecule has 11 aromatic rings. The van der Waals surface area contributed by atoms with Crippen LogP contribution in [0.1, 0.15) is 0 Å². The summed E-state index contributed by atoms with van der Waals surface area (Å²) in [6, 6.07) is 55.5. The zero-order valence-corrected chi connectivity index (χ0v) is 24.8. The molecule has 0 aliphatic rings. The molecule has 0 fully saturated rings. The summed E-state index contributed by atoms with van der Waals surface area (Å²) in [7, 11) is 0. The predicted molar refractivity (Wildman–Crippen MR) is 194 cm³/mol. The maximum absolute atomic E-state index is 6.08. The minimum absolute atomic E-state index is 0.924. The Kier molecular flexibility index (Phi) is 4.61. The molecule has 3 aromatic heterocycles. The van der Waals surface area contributed by atoms with Crippen molar-refractivity contribution in [3.8, 4) is 22.3 Å². The van der Waals surface area contributed by atoms with Gasteiger partial charge in [-0.05, 0) is 98.4 Å². The summed E-state index contributed by atoms with van der Waals surface area (Å²) in [5.41, 5.74) is 10.5. The monoisotopic (exact) mass is 583 g/mol. The highest BCUT2D eigenvalue weighted by molar-refractivity contribution is 6.27. The van der Waals surface area contributed by atoms with Crippen molar-refractivity contribution in [3.05, 3.63) is 152 Å². The van der Waals surface area contributed by atoms with E-state index in [0.717, 1.165) is 21.9 Å². The van der Waals surface area contributed by atoms with Crippen LogP contribution in [0, 0.1) is 0 Å². The molecule has 0 aliphatic heterocycles. The SMILES string of the molecule is c1ccc2cc3c(cc2c1)c1cc(-c2ccc(-c4ccc5oc6ccccc6c5c4)cc2)cc2c4cc5ccccc5cc4n3c12.